The van der Waals surface area contributed by atoms with Crippen molar-refractivity contribution in [3.8, 4) is 6.07 Å². The van der Waals surface area contributed by atoms with E-state index in [0.29, 0.717) is 34.3 Å². The monoisotopic (exact) mass is 585 g/mol. The minimum absolute atomic E-state index is 0.00127. The number of halogens is 3. The largest absolute Gasteiger partial charge is 0.466 e. The van der Waals surface area contributed by atoms with Gasteiger partial charge in [-0.2, -0.15) is 18.4 Å². The average Bonchev–Trinajstić information content (AvgIpc) is 3.32. The van der Waals surface area contributed by atoms with Crippen molar-refractivity contribution in [2.75, 3.05) is 46.4 Å². The Labute approximate surface area is 240 Å². The van der Waals surface area contributed by atoms with E-state index < -0.39 is 29.4 Å². The Morgan fingerprint density at radius 1 is 1.19 bits per heavy atom. The molecule has 42 heavy (non-hydrogen) atoms. The molecule has 1 aliphatic heterocycles. The number of methoxy groups -OCH3 is 2. The number of H-pyrrole nitrogens is 1. The lowest BCUT2D eigenvalue weighted by molar-refractivity contribution is -0.903. The van der Waals surface area contributed by atoms with E-state index in [1.54, 1.807) is 32.2 Å². The first-order valence-corrected chi connectivity index (χ1v) is 13.1. The fraction of sp³-hybridized carbons (Fsp3) is 0.379. The van der Waals surface area contributed by atoms with Crippen molar-refractivity contribution < 1.29 is 31.9 Å². The molecule has 2 heterocycles. The number of hydrogen-bond acceptors (Lipinski definition) is 7. The zero-order valence-corrected chi connectivity index (χ0v) is 24.0. The van der Waals surface area contributed by atoms with Crippen LogP contribution in [0, 0.1) is 11.3 Å². The number of benzene rings is 2. The van der Waals surface area contributed by atoms with Crippen LogP contribution >= 0.6 is 0 Å². The standard InChI is InChI=1S/C29H31F3N6O4/c1-18-24(26(39)42-5)25(23-11-10-19(16-33)14-20(23)17-38(2,3)12-7-13-41-4)37-27(34-35-28(37)40)36(18)22-9-6-8-21(15-22)29(30,31)32/h6,8-11,14-15,25H,7,12-13,17H2,1-5H3/p+1/t25-/m1/s1. The Morgan fingerprint density at radius 2 is 1.93 bits per heavy atom. The lowest BCUT2D eigenvalue weighted by atomic mass is 9.89. The van der Waals surface area contributed by atoms with Crippen LogP contribution in [-0.2, 0) is 27.0 Å². The van der Waals surface area contributed by atoms with Gasteiger partial charge in [0.25, 0.3) is 0 Å². The molecule has 4 rings (SSSR count). The number of nitriles is 1. The number of fused-ring (bicyclic) bond motifs is 1. The zero-order valence-electron chi connectivity index (χ0n) is 24.0. The lowest BCUT2D eigenvalue weighted by Gasteiger charge is -2.37. The van der Waals surface area contributed by atoms with Crippen molar-refractivity contribution in [1.29, 1.82) is 5.26 Å². The van der Waals surface area contributed by atoms with Gasteiger partial charge in [0.05, 0.1) is 57.1 Å². The second-order valence-electron chi connectivity index (χ2n) is 10.7. The van der Waals surface area contributed by atoms with Crippen LogP contribution < -0.4 is 10.6 Å². The van der Waals surface area contributed by atoms with E-state index in [9.17, 15) is 28.0 Å². The number of rotatable bonds is 9. The summed E-state index contributed by atoms with van der Waals surface area (Å²) in [5.41, 5.74) is 0.420. The number of carbonyl (C=O) groups is 1. The van der Waals surface area contributed by atoms with Crippen molar-refractivity contribution in [2.45, 2.75) is 32.1 Å². The molecule has 0 radical (unpaired) electrons. The second-order valence-corrected chi connectivity index (χ2v) is 10.7. The molecule has 0 unspecified atom stereocenters. The molecular formula is C29H32F3N6O4+. The van der Waals surface area contributed by atoms with Gasteiger partial charge in [-0.05, 0) is 42.8 Å². The molecule has 3 aromatic rings. The van der Waals surface area contributed by atoms with Crippen LogP contribution in [0.5, 0.6) is 0 Å². The summed E-state index contributed by atoms with van der Waals surface area (Å²) in [6.07, 6.45) is -3.84. The fourth-order valence-electron chi connectivity index (χ4n) is 5.33. The number of nitrogens with zero attached hydrogens (tertiary/aromatic N) is 5. The SMILES string of the molecule is COCCC[N+](C)(C)Cc1cc(C#N)ccc1[C@@H]1C(C(=O)OC)=C(C)N(c2cccc(C(F)(F)F)c2)c2n[nH]c(=O)n21. The first kappa shape index (κ1) is 30.5. The molecular weight excluding hydrogens is 553 g/mol. The van der Waals surface area contributed by atoms with Crippen molar-refractivity contribution >= 4 is 17.6 Å². The molecule has 1 aromatic heterocycles. The molecule has 10 nitrogen and oxygen atoms in total. The van der Waals surface area contributed by atoms with Crippen molar-refractivity contribution in [3.63, 3.8) is 0 Å². The number of aromatic nitrogens is 3. The first-order chi connectivity index (χ1) is 19.8. The van der Waals surface area contributed by atoms with E-state index in [1.807, 2.05) is 14.1 Å². The van der Waals surface area contributed by atoms with E-state index in [0.717, 1.165) is 25.1 Å². The average molecular weight is 586 g/mol. The Balaban J connectivity index is 1.96. The summed E-state index contributed by atoms with van der Waals surface area (Å²) in [6.45, 7) is 3.32. The molecule has 1 aliphatic rings. The van der Waals surface area contributed by atoms with E-state index in [4.69, 9.17) is 9.47 Å². The summed E-state index contributed by atoms with van der Waals surface area (Å²) in [6, 6.07) is 10.6. The molecule has 2 aromatic carbocycles. The fourth-order valence-corrected chi connectivity index (χ4v) is 5.33. The van der Waals surface area contributed by atoms with E-state index in [-0.39, 0.29) is 22.9 Å². The van der Waals surface area contributed by atoms with Crippen molar-refractivity contribution in [1.82, 2.24) is 14.8 Å². The summed E-state index contributed by atoms with van der Waals surface area (Å²) in [7, 11) is 6.86. The third kappa shape index (κ3) is 5.95. The van der Waals surface area contributed by atoms with Crippen LogP contribution in [0.15, 0.2) is 58.5 Å². The van der Waals surface area contributed by atoms with Gasteiger partial charge in [0.1, 0.15) is 12.6 Å². The number of hydrogen-bond donors (Lipinski definition) is 1. The van der Waals surface area contributed by atoms with Gasteiger partial charge in [-0.1, -0.05) is 12.1 Å². The Morgan fingerprint density at radius 3 is 2.57 bits per heavy atom. The molecule has 222 valence electrons. The highest BCUT2D eigenvalue weighted by Crippen LogP contribution is 2.43. The Bertz CT molecular complexity index is 1620. The summed E-state index contributed by atoms with van der Waals surface area (Å²) in [4.78, 5) is 28.0. The van der Waals surface area contributed by atoms with Crippen LogP contribution in [0.25, 0.3) is 0 Å². The minimum Gasteiger partial charge on any atom is -0.466 e. The third-order valence-corrected chi connectivity index (χ3v) is 7.26. The quantitative estimate of drug-likeness (QED) is 0.227. The first-order valence-electron chi connectivity index (χ1n) is 13.1. The van der Waals surface area contributed by atoms with Crippen LogP contribution in [0.3, 0.4) is 0 Å². The maximum atomic E-state index is 13.6. The van der Waals surface area contributed by atoms with E-state index in [1.165, 1.54) is 28.7 Å². The van der Waals surface area contributed by atoms with E-state index >= 15 is 0 Å². The number of allylic oxidation sites excluding steroid dienone is 1. The highest BCUT2D eigenvalue weighted by Gasteiger charge is 2.41. The number of anilines is 2. The number of aromatic amines is 1. The summed E-state index contributed by atoms with van der Waals surface area (Å²) >= 11 is 0. The molecule has 0 spiro atoms. The smallest absolute Gasteiger partial charge is 0.416 e. The minimum atomic E-state index is -4.62. The topological polar surface area (TPSA) is 113 Å². The third-order valence-electron chi connectivity index (χ3n) is 7.26. The van der Waals surface area contributed by atoms with Crippen LogP contribution in [-0.4, -0.2) is 66.7 Å². The van der Waals surface area contributed by atoms with Gasteiger partial charge >= 0.3 is 17.8 Å². The number of nitrogens with one attached hydrogen (secondary N) is 1. The van der Waals surface area contributed by atoms with Crippen LogP contribution in [0.4, 0.5) is 24.8 Å². The van der Waals surface area contributed by atoms with Gasteiger partial charge in [0.2, 0.25) is 5.95 Å². The van der Waals surface area contributed by atoms with Gasteiger partial charge in [-0.3, -0.25) is 4.90 Å². The molecule has 0 aliphatic carbocycles. The Hall–Kier alpha value is -4.41. The normalized spacial score (nSPS) is 15.4. The van der Waals surface area contributed by atoms with Gasteiger partial charge < -0.3 is 14.0 Å². The van der Waals surface area contributed by atoms with Gasteiger partial charge in [-0.15, -0.1) is 5.10 Å². The van der Waals surface area contributed by atoms with Gasteiger partial charge in [0.15, 0.2) is 0 Å². The lowest BCUT2D eigenvalue weighted by Crippen LogP contribution is -2.41. The summed E-state index contributed by atoms with van der Waals surface area (Å²) in [5.74, 6) is -0.768. The van der Waals surface area contributed by atoms with Gasteiger partial charge in [0, 0.05) is 30.5 Å². The molecule has 13 heteroatoms. The number of esters is 1. The molecule has 0 amide bonds. The van der Waals surface area contributed by atoms with Crippen molar-refractivity contribution in [3.05, 3.63) is 86.5 Å². The molecule has 0 bridgehead atoms. The zero-order chi connectivity index (χ0) is 30.8. The van der Waals surface area contributed by atoms with Crippen LogP contribution in [0.1, 0.15) is 41.6 Å². The molecule has 1 N–H and O–H groups in total. The second kappa shape index (κ2) is 11.8. The number of ether oxygens (including phenoxy) is 2. The van der Waals surface area contributed by atoms with E-state index in [2.05, 4.69) is 16.3 Å². The molecule has 0 saturated heterocycles. The van der Waals surface area contributed by atoms with Gasteiger partial charge in [-0.25, -0.2) is 19.3 Å². The molecule has 0 saturated carbocycles. The summed E-state index contributed by atoms with van der Waals surface area (Å²) < 4.78 is 52.9. The number of alkyl halides is 3. The van der Waals surface area contributed by atoms with Crippen molar-refractivity contribution in [2.24, 2.45) is 0 Å². The predicted octanol–water partition coefficient (Wildman–Crippen LogP) is 4.26. The highest BCUT2D eigenvalue weighted by molar-refractivity contribution is 5.93. The summed E-state index contributed by atoms with van der Waals surface area (Å²) in [5, 5.41) is 16.2. The Kier molecular flexibility index (Phi) is 8.60. The van der Waals surface area contributed by atoms with Crippen LogP contribution in [0.2, 0.25) is 0 Å². The maximum absolute atomic E-state index is 13.6. The maximum Gasteiger partial charge on any atom is 0.416 e. The number of quaternary nitrogens is 1. The highest BCUT2D eigenvalue weighted by atomic mass is 19.4. The molecule has 0 fully saturated rings. The molecule has 1 atom stereocenters. The predicted molar refractivity (Wildman–Crippen MR) is 148 cm³/mol. The number of carbonyl (C=O) groups excluding carboxylic acids is 1.